The van der Waals surface area contributed by atoms with E-state index in [1.807, 2.05) is 12.1 Å². The van der Waals surface area contributed by atoms with Crippen LogP contribution < -0.4 is 4.74 Å². The van der Waals surface area contributed by atoms with E-state index in [4.69, 9.17) is 4.74 Å². The number of rotatable bonds is 2. The molecule has 0 atom stereocenters. The lowest BCUT2D eigenvalue weighted by molar-refractivity contribution is 0.399. The topological polar surface area (TPSA) is 22.1 Å². The number of benzene rings is 1. The number of hydrogen-bond donors (Lipinski definition) is 0. The Morgan fingerprint density at radius 1 is 1.13 bits per heavy atom. The van der Waals surface area contributed by atoms with Gasteiger partial charge in [-0.25, -0.2) is 4.98 Å². The Balaban J connectivity index is 2.70. The van der Waals surface area contributed by atoms with Crippen LogP contribution in [0.5, 0.6) is 5.88 Å². The van der Waals surface area contributed by atoms with Crippen molar-refractivity contribution in [2.45, 2.75) is 19.8 Å². The lowest BCUT2D eigenvalue weighted by atomic mass is 10.00. The van der Waals surface area contributed by atoms with Crippen molar-refractivity contribution in [2.24, 2.45) is 0 Å². The van der Waals surface area contributed by atoms with Crippen LogP contribution in [-0.4, -0.2) is 12.1 Å². The molecule has 2 rings (SSSR count). The molecule has 0 aliphatic rings. The highest BCUT2D eigenvalue weighted by molar-refractivity contribution is 5.82. The van der Waals surface area contributed by atoms with Crippen LogP contribution in [-0.2, 0) is 0 Å². The predicted molar refractivity (Wildman–Crippen MR) is 62.4 cm³/mol. The van der Waals surface area contributed by atoms with Crippen molar-refractivity contribution in [3.63, 3.8) is 0 Å². The monoisotopic (exact) mass is 201 g/mol. The Kier molecular flexibility index (Phi) is 2.58. The molecule has 0 radical (unpaired) electrons. The van der Waals surface area contributed by atoms with Crippen LogP contribution in [0.4, 0.5) is 0 Å². The molecule has 0 bridgehead atoms. The Labute approximate surface area is 89.9 Å². The molecule has 1 heterocycles. The van der Waals surface area contributed by atoms with Gasteiger partial charge in [-0.1, -0.05) is 32.0 Å². The lowest BCUT2D eigenvalue weighted by Gasteiger charge is -2.09. The molecule has 2 nitrogen and oxygen atoms in total. The quantitative estimate of drug-likeness (QED) is 0.743. The third kappa shape index (κ3) is 1.80. The molecule has 0 unspecified atom stereocenters. The van der Waals surface area contributed by atoms with Crippen LogP contribution in [0.3, 0.4) is 0 Å². The molecule has 0 aliphatic carbocycles. The van der Waals surface area contributed by atoms with E-state index < -0.39 is 0 Å². The molecule has 0 spiro atoms. The fourth-order valence-electron chi connectivity index (χ4n) is 1.73. The summed E-state index contributed by atoms with van der Waals surface area (Å²) < 4.78 is 5.15. The van der Waals surface area contributed by atoms with E-state index in [1.165, 1.54) is 10.9 Å². The second kappa shape index (κ2) is 3.89. The molecule has 78 valence electrons. The number of methoxy groups -OCH3 is 1. The highest BCUT2D eigenvalue weighted by Gasteiger charge is 2.06. The maximum absolute atomic E-state index is 5.15. The van der Waals surface area contributed by atoms with Crippen LogP contribution in [0.15, 0.2) is 30.3 Å². The molecular weight excluding hydrogens is 186 g/mol. The summed E-state index contributed by atoms with van der Waals surface area (Å²) in [6, 6.07) is 10.2. The average Bonchev–Trinajstić information content (AvgIpc) is 2.27. The lowest BCUT2D eigenvalue weighted by Crippen LogP contribution is -1.94. The van der Waals surface area contributed by atoms with Crippen molar-refractivity contribution < 1.29 is 4.74 Å². The van der Waals surface area contributed by atoms with Crippen molar-refractivity contribution in [2.75, 3.05) is 7.11 Å². The van der Waals surface area contributed by atoms with Crippen molar-refractivity contribution in [1.29, 1.82) is 0 Å². The van der Waals surface area contributed by atoms with Gasteiger partial charge in [-0.15, -0.1) is 0 Å². The largest absolute Gasteiger partial charge is 0.481 e. The van der Waals surface area contributed by atoms with E-state index in [-0.39, 0.29) is 0 Å². The SMILES string of the molecule is COc1ccc2cccc(C(C)C)c2n1. The number of nitrogens with zero attached hydrogens (tertiary/aromatic N) is 1. The van der Waals surface area contributed by atoms with E-state index >= 15 is 0 Å². The Bertz CT molecular complexity index is 477. The number of aromatic nitrogens is 1. The van der Waals surface area contributed by atoms with Gasteiger partial charge in [-0.05, 0) is 17.5 Å². The number of para-hydroxylation sites is 1. The van der Waals surface area contributed by atoms with Gasteiger partial charge in [-0.2, -0.15) is 0 Å². The Hall–Kier alpha value is -1.57. The number of fused-ring (bicyclic) bond motifs is 1. The molecular formula is C13H15NO. The first-order valence-electron chi connectivity index (χ1n) is 5.16. The number of ether oxygens (including phenoxy) is 1. The standard InChI is InChI=1S/C13H15NO/c1-9(2)11-6-4-5-10-7-8-12(15-3)14-13(10)11/h4-9H,1-3H3. The first-order valence-corrected chi connectivity index (χ1v) is 5.16. The second-order valence-corrected chi connectivity index (χ2v) is 3.93. The van der Waals surface area contributed by atoms with Gasteiger partial charge in [0, 0.05) is 11.5 Å². The summed E-state index contributed by atoms with van der Waals surface area (Å²) >= 11 is 0. The third-order valence-electron chi connectivity index (χ3n) is 2.56. The van der Waals surface area contributed by atoms with Gasteiger partial charge in [0.15, 0.2) is 0 Å². The second-order valence-electron chi connectivity index (χ2n) is 3.93. The van der Waals surface area contributed by atoms with Gasteiger partial charge in [0.1, 0.15) is 0 Å². The summed E-state index contributed by atoms with van der Waals surface area (Å²) in [4.78, 5) is 4.49. The Morgan fingerprint density at radius 3 is 2.60 bits per heavy atom. The molecule has 2 heteroatoms. The first kappa shape index (κ1) is 9.97. The van der Waals surface area contributed by atoms with Gasteiger partial charge in [0.2, 0.25) is 5.88 Å². The minimum atomic E-state index is 0.480. The highest BCUT2D eigenvalue weighted by Crippen LogP contribution is 2.25. The fourth-order valence-corrected chi connectivity index (χ4v) is 1.73. The van der Waals surface area contributed by atoms with Gasteiger partial charge in [0.25, 0.3) is 0 Å². The van der Waals surface area contributed by atoms with Crippen molar-refractivity contribution in [1.82, 2.24) is 4.98 Å². The molecule has 0 saturated carbocycles. The molecule has 0 amide bonds. The van der Waals surface area contributed by atoms with Gasteiger partial charge in [0.05, 0.1) is 12.6 Å². The minimum Gasteiger partial charge on any atom is -0.481 e. The van der Waals surface area contributed by atoms with Crippen LogP contribution in [0.25, 0.3) is 10.9 Å². The fraction of sp³-hybridized carbons (Fsp3) is 0.308. The summed E-state index contributed by atoms with van der Waals surface area (Å²) in [5, 5.41) is 1.17. The molecule has 0 N–H and O–H groups in total. The molecule has 15 heavy (non-hydrogen) atoms. The van der Waals surface area contributed by atoms with E-state index in [0.717, 1.165) is 5.52 Å². The van der Waals surface area contributed by atoms with Crippen molar-refractivity contribution >= 4 is 10.9 Å². The number of hydrogen-bond acceptors (Lipinski definition) is 2. The van der Waals surface area contributed by atoms with Gasteiger partial charge >= 0.3 is 0 Å². The Morgan fingerprint density at radius 2 is 1.93 bits per heavy atom. The summed E-state index contributed by atoms with van der Waals surface area (Å²) in [7, 11) is 1.64. The molecule has 2 aromatic rings. The van der Waals surface area contributed by atoms with Gasteiger partial charge < -0.3 is 4.74 Å². The zero-order valence-corrected chi connectivity index (χ0v) is 9.32. The maximum Gasteiger partial charge on any atom is 0.213 e. The smallest absolute Gasteiger partial charge is 0.213 e. The molecule has 0 fully saturated rings. The van der Waals surface area contributed by atoms with Gasteiger partial charge in [-0.3, -0.25) is 0 Å². The maximum atomic E-state index is 5.15. The van der Waals surface area contributed by atoms with Crippen LogP contribution in [0, 0.1) is 0 Å². The van der Waals surface area contributed by atoms with Crippen LogP contribution in [0.2, 0.25) is 0 Å². The summed E-state index contributed by atoms with van der Waals surface area (Å²) in [5.41, 5.74) is 2.32. The van der Waals surface area contributed by atoms with Crippen molar-refractivity contribution in [3.8, 4) is 5.88 Å². The third-order valence-corrected chi connectivity index (χ3v) is 2.56. The molecule has 0 aliphatic heterocycles. The van der Waals surface area contributed by atoms with E-state index in [1.54, 1.807) is 7.11 Å². The molecule has 1 aromatic carbocycles. The molecule has 1 aromatic heterocycles. The zero-order chi connectivity index (χ0) is 10.8. The van der Waals surface area contributed by atoms with E-state index in [0.29, 0.717) is 11.8 Å². The molecule has 0 saturated heterocycles. The van der Waals surface area contributed by atoms with E-state index in [2.05, 4.69) is 37.0 Å². The number of pyridine rings is 1. The van der Waals surface area contributed by atoms with Crippen LogP contribution in [0.1, 0.15) is 25.3 Å². The summed E-state index contributed by atoms with van der Waals surface area (Å²) in [6.07, 6.45) is 0. The zero-order valence-electron chi connectivity index (χ0n) is 9.32. The first-order chi connectivity index (χ1) is 7.22. The van der Waals surface area contributed by atoms with Crippen molar-refractivity contribution in [3.05, 3.63) is 35.9 Å². The summed E-state index contributed by atoms with van der Waals surface area (Å²) in [5.74, 6) is 1.16. The van der Waals surface area contributed by atoms with Crippen LogP contribution >= 0.6 is 0 Å². The normalized spacial score (nSPS) is 10.9. The highest BCUT2D eigenvalue weighted by atomic mass is 16.5. The summed E-state index contributed by atoms with van der Waals surface area (Å²) in [6.45, 7) is 4.35. The van der Waals surface area contributed by atoms with E-state index in [9.17, 15) is 0 Å². The minimum absolute atomic E-state index is 0.480. The predicted octanol–water partition coefficient (Wildman–Crippen LogP) is 3.37. The average molecular weight is 201 g/mol.